The smallest absolute Gasteiger partial charge is 0.303 e. The second-order valence-electron chi connectivity index (χ2n) is 7.08. The Labute approximate surface area is 167 Å². The summed E-state index contributed by atoms with van der Waals surface area (Å²) in [6, 6.07) is 0. The van der Waals surface area contributed by atoms with E-state index in [1.54, 1.807) is 6.92 Å². The Morgan fingerprint density at radius 2 is 1.57 bits per heavy atom. The van der Waals surface area contributed by atoms with E-state index in [0.29, 0.717) is 33.0 Å². The average molecular weight is 405 g/mol. The monoisotopic (exact) mass is 405 g/mol. The van der Waals surface area contributed by atoms with Crippen molar-refractivity contribution in [3.8, 4) is 0 Å². The third kappa shape index (κ3) is 8.00. The maximum atomic E-state index is 11.6. The highest BCUT2D eigenvalue weighted by Crippen LogP contribution is 2.39. The molecule has 1 fully saturated rings. The van der Waals surface area contributed by atoms with E-state index in [1.165, 1.54) is 13.8 Å². The lowest BCUT2D eigenvalue weighted by atomic mass is 9.80. The Morgan fingerprint density at radius 1 is 0.964 bits per heavy atom. The van der Waals surface area contributed by atoms with Crippen LogP contribution in [0, 0.1) is 11.8 Å². The van der Waals surface area contributed by atoms with Gasteiger partial charge in [-0.1, -0.05) is 13.8 Å². The van der Waals surface area contributed by atoms with Crippen molar-refractivity contribution in [1.29, 1.82) is 0 Å². The molecule has 9 nitrogen and oxygen atoms in total. The molecule has 5 atom stereocenters. The van der Waals surface area contributed by atoms with Gasteiger partial charge in [-0.25, -0.2) is 0 Å². The molecule has 1 rings (SSSR count). The molecule has 1 aliphatic rings. The maximum absolute atomic E-state index is 11.6. The van der Waals surface area contributed by atoms with Gasteiger partial charge in [-0.05, 0) is 12.8 Å². The van der Waals surface area contributed by atoms with Gasteiger partial charge in [0.25, 0.3) is 0 Å². The van der Waals surface area contributed by atoms with Crippen LogP contribution in [0.4, 0.5) is 0 Å². The first-order chi connectivity index (χ1) is 13.2. The Kier molecular flexibility index (Phi) is 10.9. The molecule has 28 heavy (non-hydrogen) atoms. The second-order valence-corrected chi connectivity index (χ2v) is 7.08. The molecule has 1 saturated heterocycles. The first-order valence-electron chi connectivity index (χ1n) is 9.69. The maximum Gasteiger partial charge on any atom is 0.303 e. The van der Waals surface area contributed by atoms with E-state index in [-0.39, 0.29) is 37.1 Å². The van der Waals surface area contributed by atoms with Crippen LogP contribution in [0.1, 0.15) is 34.6 Å². The van der Waals surface area contributed by atoms with Gasteiger partial charge in [-0.3, -0.25) is 9.59 Å². The molecule has 164 valence electrons. The van der Waals surface area contributed by atoms with Gasteiger partial charge in [-0.2, -0.15) is 0 Å². The van der Waals surface area contributed by atoms with Crippen LogP contribution >= 0.6 is 0 Å². The van der Waals surface area contributed by atoms with E-state index < -0.39 is 17.9 Å². The topological polar surface area (TPSA) is 116 Å². The summed E-state index contributed by atoms with van der Waals surface area (Å²) < 4.78 is 33.4. The summed E-state index contributed by atoms with van der Waals surface area (Å²) in [7, 11) is 0. The predicted molar refractivity (Wildman–Crippen MR) is 100 cm³/mol. The molecule has 0 amide bonds. The number of rotatable bonds is 12. The molecule has 0 saturated carbocycles. The van der Waals surface area contributed by atoms with Crippen LogP contribution in [0.25, 0.3) is 0 Å². The van der Waals surface area contributed by atoms with Crippen LogP contribution in [0.2, 0.25) is 0 Å². The Hall–Kier alpha value is -1.26. The predicted octanol–water partition coefficient (Wildman–Crippen LogP) is 0.877. The number of esters is 2. The minimum Gasteiger partial charge on any atom is -0.463 e. The van der Waals surface area contributed by atoms with Gasteiger partial charge in [0.05, 0.1) is 39.1 Å². The van der Waals surface area contributed by atoms with Gasteiger partial charge in [0.1, 0.15) is 6.61 Å². The van der Waals surface area contributed by atoms with Crippen LogP contribution in [0.15, 0.2) is 0 Å². The number of carbonyl (C=O) groups excluding carboxylic acids is 2. The first kappa shape index (κ1) is 24.8. The van der Waals surface area contributed by atoms with E-state index in [2.05, 4.69) is 0 Å². The van der Waals surface area contributed by atoms with Crippen LogP contribution in [-0.4, -0.2) is 76.1 Å². The molecule has 1 heterocycles. The quantitative estimate of drug-likeness (QED) is 0.373. The summed E-state index contributed by atoms with van der Waals surface area (Å²) in [4.78, 5) is 22.8. The van der Waals surface area contributed by atoms with Gasteiger partial charge >= 0.3 is 11.9 Å². The van der Waals surface area contributed by atoms with Crippen molar-refractivity contribution < 1.29 is 38.0 Å². The highest BCUT2D eigenvalue weighted by atomic mass is 16.7. The van der Waals surface area contributed by atoms with E-state index in [1.807, 2.05) is 13.8 Å². The van der Waals surface area contributed by atoms with Crippen molar-refractivity contribution in [3.05, 3.63) is 0 Å². The summed E-state index contributed by atoms with van der Waals surface area (Å²) in [6.45, 7) is 10.9. The molecular weight excluding hydrogens is 370 g/mol. The van der Waals surface area contributed by atoms with Crippen molar-refractivity contribution >= 4 is 11.9 Å². The van der Waals surface area contributed by atoms with E-state index in [9.17, 15) is 9.59 Å². The van der Waals surface area contributed by atoms with Crippen molar-refractivity contribution in [1.82, 2.24) is 0 Å². The third-order valence-electron chi connectivity index (χ3n) is 4.79. The lowest BCUT2D eigenvalue weighted by molar-refractivity contribution is -0.342. The number of hydrogen-bond acceptors (Lipinski definition) is 9. The normalized spacial score (nSPS) is 30.1. The summed E-state index contributed by atoms with van der Waals surface area (Å²) in [5.74, 6) is -2.03. The van der Waals surface area contributed by atoms with Crippen LogP contribution in [0.5, 0.6) is 0 Å². The van der Waals surface area contributed by atoms with Gasteiger partial charge < -0.3 is 34.2 Å². The molecule has 0 radical (unpaired) electrons. The Balaban J connectivity index is 2.65. The van der Waals surface area contributed by atoms with Crippen molar-refractivity contribution in [3.63, 3.8) is 0 Å². The summed E-state index contributed by atoms with van der Waals surface area (Å²) in [6.07, 6.45) is -0.970. The third-order valence-corrected chi connectivity index (χ3v) is 4.79. The van der Waals surface area contributed by atoms with Gasteiger partial charge in [-0.15, -0.1) is 0 Å². The van der Waals surface area contributed by atoms with Gasteiger partial charge in [0.2, 0.25) is 5.79 Å². The van der Waals surface area contributed by atoms with Crippen LogP contribution in [0.3, 0.4) is 0 Å². The first-order valence-corrected chi connectivity index (χ1v) is 9.69. The van der Waals surface area contributed by atoms with E-state index >= 15 is 0 Å². The molecular formula is C19H35NO8. The Bertz CT molecular complexity index is 487. The zero-order chi connectivity index (χ0) is 21.2. The lowest BCUT2D eigenvalue weighted by Gasteiger charge is -2.49. The number of ether oxygens (including phenoxy) is 6. The molecule has 1 aliphatic heterocycles. The van der Waals surface area contributed by atoms with Crippen molar-refractivity contribution in [2.45, 2.75) is 52.6 Å². The van der Waals surface area contributed by atoms with Crippen LogP contribution in [-0.2, 0) is 38.0 Å². The van der Waals surface area contributed by atoms with Crippen molar-refractivity contribution in [2.24, 2.45) is 17.6 Å². The standard InChI is InChI=1S/C19H35NO8/c1-13-14(2)18(27-16(4)22)19(5,28-17(13)12-25-15(3)21)26-11-10-24-9-8-23-7-6-20/h13-14,17-18H,6-12,20H2,1-5H3/t13-,14-,17?,18?,19-/m0/s1. The highest BCUT2D eigenvalue weighted by molar-refractivity contribution is 5.66. The van der Waals surface area contributed by atoms with Crippen molar-refractivity contribution in [2.75, 3.05) is 46.2 Å². The molecule has 0 aromatic carbocycles. The van der Waals surface area contributed by atoms with E-state index in [4.69, 9.17) is 34.2 Å². The lowest BCUT2D eigenvalue weighted by Crippen LogP contribution is -2.60. The molecule has 0 spiro atoms. The molecule has 0 bridgehead atoms. The summed E-state index contributed by atoms with van der Waals surface area (Å²) >= 11 is 0. The summed E-state index contributed by atoms with van der Waals surface area (Å²) in [5, 5.41) is 0. The number of nitrogens with two attached hydrogens (primary N) is 1. The molecule has 0 aromatic heterocycles. The molecule has 9 heteroatoms. The zero-order valence-corrected chi connectivity index (χ0v) is 17.6. The average Bonchev–Trinajstić information content (AvgIpc) is 2.63. The second kappa shape index (κ2) is 12.3. The Morgan fingerprint density at radius 3 is 2.14 bits per heavy atom. The highest BCUT2D eigenvalue weighted by Gasteiger charge is 2.52. The SMILES string of the molecule is CC(=O)OCC1O[C@](C)(OCCOCCOCCN)C(OC(C)=O)[C@@H](C)[C@@H]1C. The number of hydrogen-bond donors (Lipinski definition) is 1. The fourth-order valence-electron chi connectivity index (χ4n) is 3.17. The molecule has 0 aromatic rings. The van der Waals surface area contributed by atoms with Gasteiger partial charge in [0.15, 0.2) is 6.10 Å². The fraction of sp³-hybridized carbons (Fsp3) is 0.895. The number of carbonyl (C=O) groups is 2. The molecule has 2 unspecified atom stereocenters. The van der Waals surface area contributed by atoms with Gasteiger partial charge in [0, 0.05) is 26.3 Å². The minimum absolute atomic E-state index is 0.00341. The summed E-state index contributed by atoms with van der Waals surface area (Å²) in [5.41, 5.74) is 5.34. The molecule has 0 aliphatic carbocycles. The van der Waals surface area contributed by atoms with Crippen LogP contribution < -0.4 is 5.73 Å². The fourth-order valence-corrected chi connectivity index (χ4v) is 3.17. The molecule has 2 N–H and O–H groups in total. The minimum atomic E-state index is -1.18. The van der Waals surface area contributed by atoms with E-state index in [0.717, 1.165) is 0 Å². The largest absolute Gasteiger partial charge is 0.463 e. The zero-order valence-electron chi connectivity index (χ0n) is 17.6.